The summed E-state index contributed by atoms with van der Waals surface area (Å²) in [5.74, 6) is 0.0110. The second-order valence-electron chi connectivity index (χ2n) is 4.54. The molecule has 0 aliphatic rings. The minimum Gasteiger partial charge on any atom is -0.383 e. The quantitative estimate of drug-likeness (QED) is 0.669. The Labute approximate surface area is 113 Å². The highest BCUT2D eigenvalue weighted by Crippen LogP contribution is 2.19. The molecule has 1 unspecified atom stereocenters. The molecule has 0 aliphatic heterocycles. The summed E-state index contributed by atoms with van der Waals surface area (Å²) in [7, 11) is 1.62. The van der Waals surface area contributed by atoms with E-state index in [-0.39, 0.29) is 6.04 Å². The minimum absolute atomic E-state index is 0.00167. The van der Waals surface area contributed by atoms with E-state index in [1.807, 2.05) is 19.9 Å². The van der Waals surface area contributed by atoms with Crippen LogP contribution >= 0.6 is 0 Å². The highest BCUT2D eigenvalue weighted by molar-refractivity contribution is 5.99. The first kappa shape index (κ1) is 15.4. The summed E-state index contributed by atoms with van der Waals surface area (Å²) in [6, 6.07) is 1.83. The SMILES string of the molecule is COCC(CCN)Nc1nc(C)cc(C)c1C(N)=O. The standard InChI is InChI=1S/C13H22N4O2/c1-8-6-9(2)16-13(11(8)12(15)18)17-10(4-5-14)7-19-3/h6,10H,4-5,7,14H2,1-3H3,(H2,15,18)(H,16,17). The fourth-order valence-electron chi connectivity index (χ4n) is 2.05. The number of carbonyl (C=O) groups excluding carboxylic acids is 1. The number of nitrogens with one attached hydrogen (secondary N) is 1. The van der Waals surface area contributed by atoms with Gasteiger partial charge in [-0.05, 0) is 38.4 Å². The van der Waals surface area contributed by atoms with Gasteiger partial charge in [-0.3, -0.25) is 4.79 Å². The first-order chi connectivity index (χ1) is 8.99. The molecule has 0 spiro atoms. The van der Waals surface area contributed by atoms with E-state index in [1.165, 1.54) is 0 Å². The molecule has 19 heavy (non-hydrogen) atoms. The van der Waals surface area contributed by atoms with E-state index in [9.17, 15) is 4.79 Å². The number of hydrogen-bond donors (Lipinski definition) is 3. The van der Waals surface area contributed by atoms with Crippen molar-refractivity contribution >= 4 is 11.7 Å². The van der Waals surface area contributed by atoms with Crippen molar-refractivity contribution in [3.63, 3.8) is 0 Å². The molecule has 1 aromatic heterocycles. The van der Waals surface area contributed by atoms with Gasteiger partial charge in [0.2, 0.25) is 0 Å². The second-order valence-corrected chi connectivity index (χ2v) is 4.54. The number of primary amides is 1. The van der Waals surface area contributed by atoms with Crippen molar-refractivity contribution in [2.45, 2.75) is 26.3 Å². The van der Waals surface area contributed by atoms with E-state index in [2.05, 4.69) is 10.3 Å². The van der Waals surface area contributed by atoms with Crippen LogP contribution in [0.25, 0.3) is 0 Å². The Morgan fingerprint density at radius 2 is 2.21 bits per heavy atom. The number of carbonyl (C=O) groups is 1. The van der Waals surface area contributed by atoms with Crippen molar-refractivity contribution in [3.05, 3.63) is 22.9 Å². The monoisotopic (exact) mass is 266 g/mol. The molecule has 1 aromatic rings. The lowest BCUT2D eigenvalue weighted by Gasteiger charge is -2.20. The maximum Gasteiger partial charge on any atom is 0.252 e. The van der Waals surface area contributed by atoms with Crippen LogP contribution in [0.5, 0.6) is 0 Å². The van der Waals surface area contributed by atoms with Gasteiger partial charge in [-0.2, -0.15) is 0 Å². The molecule has 1 atom stereocenters. The zero-order valence-corrected chi connectivity index (χ0v) is 11.7. The van der Waals surface area contributed by atoms with Crippen LogP contribution in [0.1, 0.15) is 28.0 Å². The van der Waals surface area contributed by atoms with E-state index in [0.29, 0.717) is 24.5 Å². The van der Waals surface area contributed by atoms with Gasteiger partial charge in [0.05, 0.1) is 18.2 Å². The Morgan fingerprint density at radius 3 is 2.74 bits per heavy atom. The van der Waals surface area contributed by atoms with Crippen LogP contribution in [0.4, 0.5) is 5.82 Å². The smallest absolute Gasteiger partial charge is 0.252 e. The Kier molecular flexibility index (Phi) is 5.72. The lowest BCUT2D eigenvalue weighted by Crippen LogP contribution is -2.30. The first-order valence-corrected chi connectivity index (χ1v) is 6.23. The molecule has 1 rings (SSSR count). The number of ether oxygens (including phenoxy) is 1. The van der Waals surface area contributed by atoms with E-state index in [0.717, 1.165) is 17.7 Å². The number of nitrogens with zero attached hydrogens (tertiary/aromatic N) is 1. The molecular formula is C13H22N4O2. The van der Waals surface area contributed by atoms with E-state index >= 15 is 0 Å². The lowest BCUT2D eigenvalue weighted by molar-refractivity contribution is 0.1000. The number of hydrogen-bond acceptors (Lipinski definition) is 5. The summed E-state index contributed by atoms with van der Waals surface area (Å²) < 4.78 is 5.13. The Balaban J connectivity index is 3.06. The van der Waals surface area contributed by atoms with Crippen LogP contribution < -0.4 is 16.8 Å². The molecule has 6 heteroatoms. The molecule has 0 saturated heterocycles. The fourth-order valence-corrected chi connectivity index (χ4v) is 2.05. The lowest BCUT2D eigenvalue weighted by atomic mass is 10.1. The average molecular weight is 266 g/mol. The third-order valence-electron chi connectivity index (χ3n) is 2.81. The molecule has 0 bridgehead atoms. The zero-order chi connectivity index (χ0) is 14.4. The second kappa shape index (κ2) is 7.06. The molecule has 0 radical (unpaired) electrons. The summed E-state index contributed by atoms with van der Waals surface area (Å²) in [6.45, 7) is 4.73. The number of rotatable bonds is 7. The molecule has 106 valence electrons. The average Bonchev–Trinajstić information content (AvgIpc) is 2.27. The first-order valence-electron chi connectivity index (χ1n) is 6.23. The Morgan fingerprint density at radius 1 is 1.53 bits per heavy atom. The van der Waals surface area contributed by atoms with Crippen molar-refractivity contribution in [2.75, 3.05) is 25.6 Å². The Hall–Kier alpha value is -1.66. The molecule has 1 heterocycles. The molecule has 5 N–H and O–H groups in total. The van der Waals surface area contributed by atoms with Crippen LogP contribution in [0.15, 0.2) is 6.07 Å². The predicted octanol–water partition coefficient (Wildman–Crippen LogP) is 0.573. The number of nitrogens with two attached hydrogens (primary N) is 2. The summed E-state index contributed by atoms with van der Waals surface area (Å²) in [5, 5.41) is 3.20. The van der Waals surface area contributed by atoms with Crippen LogP contribution in [-0.4, -0.2) is 37.2 Å². The molecule has 0 aromatic carbocycles. The molecule has 0 saturated carbocycles. The summed E-state index contributed by atoms with van der Waals surface area (Å²) in [4.78, 5) is 15.9. The summed E-state index contributed by atoms with van der Waals surface area (Å²) in [6.07, 6.45) is 0.723. The van der Waals surface area contributed by atoms with Crippen molar-refractivity contribution < 1.29 is 9.53 Å². The van der Waals surface area contributed by atoms with Crippen molar-refractivity contribution in [2.24, 2.45) is 11.5 Å². The van der Waals surface area contributed by atoms with Crippen LogP contribution in [-0.2, 0) is 4.74 Å². The van der Waals surface area contributed by atoms with Gasteiger partial charge in [0.1, 0.15) is 5.82 Å². The van der Waals surface area contributed by atoms with Crippen molar-refractivity contribution in [3.8, 4) is 0 Å². The number of methoxy groups -OCH3 is 1. The normalized spacial score (nSPS) is 12.2. The van der Waals surface area contributed by atoms with E-state index in [1.54, 1.807) is 7.11 Å². The minimum atomic E-state index is -0.489. The number of aryl methyl sites for hydroxylation is 2. The number of pyridine rings is 1. The summed E-state index contributed by atoms with van der Waals surface area (Å²) >= 11 is 0. The van der Waals surface area contributed by atoms with E-state index < -0.39 is 5.91 Å². The van der Waals surface area contributed by atoms with Crippen LogP contribution in [0.2, 0.25) is 0 Å². The van der Waals surface area contributed by atoms with Gasteiger partial charge in [-0.15, -0.1) is 0 Å². The molecule has 1 amide bonds. The molecule has 6 nitrogen and oxygen atoms in total. The largest absolute Gasteiger partial charge is 0.383 e. The van der Waals surface area contributed by atoms with E-state index in [4.69, 9.17) is 16.2 Å². The van der Waals surface area contributed by atoms with Gasteiger partial charge < -0.3 is 21.5 Å². The van der Waals surface area contributed by atoms with Gasteiger partial charge >= 0.3 is 0 Å². The number of aromatic nitrogens is 1. The highest BCUT2D eigenvalue weighted by Gasteiger charge is 2.17. The highest BCUT2D eigenvalue weighted by atomic mass is 16.5. The van der Waals surface area contributed by atoms with Gasteiger partial charge in [-0.25, -0.2) is 4.98 Å². The van der Waals surface area contributed by atoms with Crippen LogP contribution in [0.3, 0.4) is 0 Å². The Bertz CT molecular complexity index is 443. The molecular weight excluding hydrogens is 244 g/mol. The van der Waals surface area contributed by atoms with Crippen LogP contribution in [0, 0.1) is 13.8 Å². The van der Waals surface area contributed by atoms with Gasteiger partial charge in [0, 0.05) is 12.8 Å². The third-order valence-corrected chi connectivity index (χ3v) is 2.81. The maximum atomic E-state index is 11.5. The molecule has 0 fully saturated rings. The van der Waals surface area contributed by atoms with Crippen molar-refractivity contribution in [1.29, 1.82) is 0 Å². The topological polar surface area (TPSA) is 103 Å². The van der Waals surface area contributed by atoms with Gasteiger partial charge in [0.15, 0.2) is 0 Å². The van der Waals surface area contributed by atoms with Gasteiger partial charge in [-0.1, -0.05) is 0 Å². The maximum absolute atomic E-state index is 11.5. The third kappa shape index (κ3) is 4.18. The van der Waals surface area contributed by atoms with Crippen molar-refractivity contribution in [1.82, 2.24) is 4.98 Å². The fraction of sp³-hybridized carbons (Fsp3) is 0.538. The predicted molar refractivity (Wildman–Crippen MR) is 75.2 cm³/mol. The molecule has 0 aliphatic carbocycles. The number of anilines is 1. The zero-order valence-electron chi connectivity index (χ0n) is 11.7. The van der Waals surface area contributed by atoms with Gasteiger partial charge in [0.25, 0.3) is 5.91 Å². The summed E-state index contributed by atoms with van der Waals surface area (Å²) in [5.41, 5.74) is 13.0. The number of amides is 1.